The monoisotopic (exact) mass is 236 g/mol. The van der Waals surface area contributed by atoms with E-state index in [2.05, 4.69) is 10.1 Å². The van der Waals surface area contributed by atoms with Gasteiger partial charge in [0.05, 0.1) is 12.0 Å². The summed E-state index contributed by atoms with van der Waals surface area (Å²) in [5.41, 5.74) is 0. The molecular formula is C13H20N2O2. The third-order valence-corrected chi connectivity index (χ3v) is 4.22. The van der Waals surface area contributed by atoms with Crippen molar-refractivity contribution >= 4 is 0 Å². The van der Waals surface area contributed by atoms with Crippen molar-refractivity contribution in [2.75, 3.05) is 0 Å². The molecule has 3 rings (SSSR count). The fourth-order valence-electron chi connectivity index (χ4n) is 2.81. The minimum Gasteiger partial charge on any atom is -0.392 e. The standard InChI is InChI=1S/C13H20N2O2/c16-11-8-3-1-2-7-10(11)13-14-12(15-17-13)9-5-4-6-9/h9-11,16H,1-8H2. The number of aliphatic hydroxyl groups is 1. The van der Waals surface area contributed by atoms with Gasteiger partial charge >= 0.3 is 0 Å². The summed E-state index contributed by atoms with van der Waals surface area (Å²) in [5, 5.41) is 14.2. The molecule has 0 spiro atoms. The molecule has 4 heteroatoms. The van der Waals surface area contributed by atoms with Gasteiger partial charge in [0.15, 0.2) is 5.82 Å². The molecule has 2 unspecified atom stereocenters. The van der Waals surface area contributed by atoms with Crippen molar-refractivity contribution in [1.29, 1.82) is 0 Å². The van der Waals surface area contributed by atoms with E-state index < -0.39 is 0 Å². The molecule has 0 saturated heterocycles. The van der Waals surface area contributed by atoms with Crippen molar-refractivity contribution in [3.63, 3.8) is 0 Å². The maximum atomic E-state index is 10.1. The number of rotatable bonds is 2. The Morgan fingerprint density at radius 1 is 1.00 bits per heavy atom. The molecule has 2 fully saturated rings. The first-order chi connectivity index (χ1) is 8.34. The molecule has 17 heavy (non-hydrogen) atoms. The molecule has 4 nitrogen and oxygen atoms in total. The summed E-state index contributed by atoms with van der Waals surface area (Å²) in [6, 6.07) is 0. The van der Waals surface area contributed by atoms with E-state index in [9.17, 15) is 5.11 Å². The van der Waals surface area contributed by atoms with E-state index in [4.69, 9.17) is 4.52 Å². The highest BCUT2D eigenvalue weighted by molar-refractivity contribution is 5.04. The fraction of sp³-hybridized carbons (Fsp3) is 0.846. The summed E-state index contributed by atoms with van der Waals surface area (Å²) in [7, 11) is 0. The summed E-state index contributed by atoms with van der Waals surface area (Å²) in [5.74, 6) is 2.11. The quantitative estimate of drug-likeness (QED) is 0.802. The minimum absolute atomic E-state index is 0.0684. The molecule has 1 N–H and O–H groups in total. The Hall–Kier alpha value is -0.900. The summed E-state index contributed by atoms with van der Waals surface area (Å²) >= 11 is 0. The van der Waals surface area contributed by atoms with Gasteiger partial charge in [-0.25, -0.2) is 0 Å². The molecular weight excluding hydrogens is 216 g/mol. The summed E-state index contributed by atoms with van der Waals surface area (Å²) in [4.78, 5) is 4.51. The molecule has 0 radical (unpaired) electrons. The molecule has 2 saturated carbocycles. The zero-order valence-corrected chi connectivity index (χ0v) is 10.1. The zero-order valence-electron chi connectivity index (χ0n) is 10.1. The molecule has 2 aliphatic rings. The van der Waals surface area contributed by atoms with Crippen molar-refractivity contribution in [1.82, 2.24) is 10.1 Å². The van der Waals surface area contributed by atoms with Crippen LogP contribution >= 0.6 is 0 Å². The number of aromatic nitrogens is 2. The van der Waals surface area contributed by atoms with E-state index in [0.29, 0.717) is 11.8 Å². The van der Waals surface area contributed by atoms with Gasteiger partial charge in [-0.2, -0.15) is 4.98 Å². The van der Waals surface area contributed by atoms with Crippen LogP contribution in [0.15, 0.2) is 4.52 Å². The first-order valence-corrected chi connectivity index (χ1v) is 6.86. The highest BCUT2D eigenvalue weighted by Gasteiger charge is 2.30. The zero-order chi connectivity index (χ0) is 11.7. The lowest BCUT2D eigenvalue weighted by molar-refractivity contribution is 0.119. The average Bonchev–Trinajstić information content (AvgIpc) is 2.59. The Morgan fingerprint density at radius 3 is 2.59 bits per heavy atom. The summed E-state index contributed by atoms with van der Waals surface area (Å²) < 4.78 is 5.37. The van der Waals surface area contributed by atoms with Gasteiger partial charge in [-0.1, -0.05) is 30.8 Å². The highest BCUT2D eigenvalue weighted by Crippen LogP contribution is 2.36. The van der Waals surface area contributed by atoms with Crippen LogP contribution in [0.25, 0.3) is 0 Å². The number of aliphatic hydroxyl groups excluding tert-OH is 1. The lowest BCUT2D eigenvalue weighted by Crippen LogP contribution is -2.17. The van der Waals surface area contributed by atoms with Gasteiger partial charge in [0.25, 0.3) is 0 Å². The predicted octanol–water partition coefficient (Wildman–Crippen LogP) is 2.75. The highest BCUT2D eigenvalue weighted by atomic mass is 16.5. The van der Waals surface area contributed by atoms with Crippen molar-refractivity contribution in [2.45, 2.75) is 69.3 Å². The Morgan fingerprint density at radius 2 is 1.82 bits per heavy atom. The van der Waals surface area contributed by atoms with E-state index >= 15 is 0 Å². The maximum Gasteiger partial charge on any atom is 0.232 e. The summed E-state index contributed by atoms with van der Waals surface area (Å²) in [6.45, 7) is 0. The van der Waals surface area contributed by atoms with Crippen molar-refractivity contribution in [3.05, 3.63) is 11.7 Å². The van der Waals surface area contributed by atoms with E-state index in [-0.39, 0.29) is 12.0 Å². The molecule has 1 heterocycles. The second kappa shape index (κ2) is 4.77. The van der Waals surface area contributed by atoms with Gasteiger partial charge in [0.2, 0.25) is 5.89 Å². The summed E-state index contributed by atoms with van der Waals surface area (Å²) in [6.07, 6.45) is 8.67. The minimum atomic E-state index is -0.299. The Balaban J connectivity index is 1.74. The van der Waals surface area contributed by atoms with Crippen LogP contribution in [0, 0.1) is 0 Å². The molecule has 2 aliphatic carbocycles. The first-order valence-electron chi connectivity index (χ1n) is 6.86. The fourth-order valence-corrected chi connectivity index (χ4v) is 2.81. The Labute approximate surface area is 101 Å². The van der Waals surface area contributed by atoms with Crippen LogP contribution in [0.3, 0.4) is 0 Å². The van der Waals surface area contributed by atoms with Gasteiger partial charge in [-0.15, -0.1) is 0 Å². The molecule has 0 aliphatic heterocycles. The third-order valence-electron chi connectivity index (χ3n) is 4.22. The van der Waals surface area contributed by atoms with E-state index in [0.717, 1.165) is 31.5 Å². The molecule has 1 aromatic heterocycles. The van der Waals surface area contributed by atoms with Gasteiger partial charge in [-0.3, -0.25) is 0 Å². The predicted molar refractivity (Wildman–Crippen MR) is 62.7 cm³/mol. The Kier molecular flexibility index (Phi) is 3.14. The van der Waals surface area contributed by atoms with Crippen LogP contribution in [-0.2, 0) is 0 Å². The molecule has 94 valence electrons. The van der Waals surface area contributed by atoms with Crippen molar-refractivity contribution in [2.24, 2.45) is 0 Å². The molecule has 0 aromatic carbocycles. The Bertz CT molecular complexity index is 373. The van der Waals surface area contributed by atoms with Gasteiger partial charge < -0.3 is 9.63 Å². The lowest BCUT2D eigenvalue weighted by Gasteiger charge is -2.21. The normalized spacial score (nSPS) is 30.9. The second-order valence-electron chi connectivity index (χ2n) is 5.43. The van der Waals surface area contributed by atoms with Crippen LogP contribution in [0.5, 0.6) is 0 Å². The number of hydrogen-bond acceptors (Lipinski definition) is 4. The van der Waals surface area contributed by atoms with E-state index in [1.807, 2.05) is 0 Å². The van der Waals surface area contributed by atoms with E-state index in [1.54, 1.807) is 0 Å². The number of nitrogens with zero attached hydrogens (tertiary/aromatic N) is 2. The largest absolute Gasteiger partial charge is 0.392 e. The van der Waals surface area contributed by atoms with Crippen LogP contribution < -0.4 is 0 Å². The topological polar surface area (TPSA) is 59.2 Å². The lowest BCUT2D eigenvalue weighted by atomic mass is 9.85. The SMILES string of the molecule is OC1CCCCCC1c1nc(C2CCC2)no1. The van der Waals surface area contributed by atoms with Gasteiger partial charge in [0.1, 0.15) is 0 Å². The maximum absolute atomic E-state index is 10.1. The smallest absolute Gasteiger partial charge is 0.232 e. The van der Waals surface area contributed by atoms with Crippen molar-refractivity contribution in [3.8, 4) is 0 Å². The molecule has 1 aromatic rings. The van der Waals surface area contributed by atoms with Crippen LogP contribution in [-0.4, -0.2) is 21.4 Å². The second-order valence-corrected chi connectivity index (χ2v) is 5.43. The number of hydrogen-bond donors (Lipinski definition) is 1. The van der Waals surface area contributed by atoms with E-state index in [1.165, 1.54) is 25.7 Å². The van der Waals surface area contributed by atoms with Gasteiger partial charge in [0, 0.05) is 5.92 Å². The van der Waals surface area contributed by atoms with Crippen LogP contribution in [0.4, 0.5) is 0 Å². The van der Waals surface area contributed by atoms with Gasteiger partial charge in [-0.05, 0) is 25.7 Å². The van der Waals surface area contributed by atoms with Crippen LogP contribution in [0.2, 0.25) is 0 Å². The van der Waals surface area contributed by atoms with Crippen molar-refractivity contribution < 1.29 is 9.63 Å². The molecule has 0 bridgehead atoms. The average molecular weight is 236 g/mol. The molecule has 0 amide bonds. The molecule has 2 atom stereocenters. The van der Waals surface area contributed by atoms with Crippen LogP contribution in [0.1, 0.15) is 74.9 Å². The third kappa shape index (κ3) is 2.23. The first kappa shape index (κ1) is 11.2.